The lowest BCUT2D eigenvalue weighted by Gasteiger charge is -2.32. The lowest BCUT2D eigenvalue weighted by atomic mass is 9.75. The molecule has 6 aromatic carbocycles. The van der Waals surface area contributed by atoms with E-state index >= 15 is 0 Å². The molecule has 0 saturated heterocycles. The first-order chi connectivity index (χ1) is 27.8. The van der Waals surface area contributed by atoms with Crippen LogP contribution in [0.4, 0.5) is 4.79 Å². The lowest BCUT2D eigenvalue weighted by molar-refractivity contribution is 0.0204. The first-order valence-corrected chi connectivity index (χ1v) is 22.1. The number of hydrogen-bond donors (Lipinski definition) is 0. The molecular formula is C53H61O6P. The Morgan fingerprint density at radius 3 is 1.33 bits per heavy atom. The van der Waals surface area contributed by atoms with E-state index in [0.29, 0.717) is 22.7 Å². The highest BCUT2D eigenvalue weighted by Crippen LogP contribution is 2.52. The zero-order valence-corrected chi connectivity index (χ0v) is 39.0. The molecule has 6 nitrogen and oxygen atoms in total. The zero-order valence-electron chi connectivity index (χ0n) is 38.1. The fraction of sp³-hybridized carbons (Fsp3) is 0.377. The number of fused-ring (bicyclic) bond motifs is 7. The zero-order chi connectivity index (χ0) is 43.7. The maximum atomic E-state index is 13.8. The molecule has 1 heterocycles. The van der Waals surface area contributed by atoms with Crippen LogP contribution in [0.5, 0.6) is 11.5 Å². The van der Waals surface area contributed by atoms with E-state index in [1.165, 1.54) is 0 Å². The van der Waals surface area contributed by atoms with Crippen molar-refractivity contribution >= 4 is 57.9 Å². The minimum atomic E-state index is -2.10. The molecule has 314 valence electrons. The molecule has 7 aromatic rings. The minimum absolute atomic E-state index is 0.241. The number of carbonyl (C=O) groups is 1. The Labute approximate surface area is 356 Å². The monoisotopic (exact) mass is 824 g/mol. The first-order valence-electron chi connectivity index (χ1n) is 21.0. The number of ether oxygens (including phenoxy) is 2. The molecule has 1 aromatic heterocycles. The topological polar surface area (TPSA) is 71.0 Å². The molecule has 0 aliphatic carbocycles. The Bertz CT molecular complexity index is 2730. The lowest BCUT2D eigenvalue weighted by Crippen LogP contribution is -2.27. The van der Waals surface area contributed by atoms with Crippen molar-refractivity contribution in [2.24, 2.45) is 0 Å². The molecular weight excluding hydrogens is 764 g/mol. The van der Waals surface area contributed by atoms with Crippen LogP contribution in [0.3, 0.4) is 0 Å². The van der Waals surface area contributed by atoms with Gasteiger partial charge in [0.05, 0.1) is 0 Å². The van der Waals surface area contributed by atoms with Crippen molar-refractivity contribution in [2.75, 3.05) is 0 Å². The summed E-state index contributed by atoms with van der Waals surface area (Å²) >= 11 is 0. The molecule has 60 heavy (non-hydrogen) atoms. The fourth-order valence-corrected chi connectivity index (χ4v) is 8.75. The summed E-state index contributed by atoms with van der Waals surface area (Å²) in [5.74, 6) is 1.04. The normalized spacial score (nSPS) is 13.0. The van der Waals surface area contributed by atoms with Crippen LogP contribution in [-0.2, 0) is 26.4 Å². The van der Waals surface area contributed by atoms with Gasteiger partial charge in [-0.2, -0.15) is 0 Å². The van der Waals surface area contributed by atoms with Crippen molar-refractivity contribution in [1.82, 2.24) is 0 Å². The maximum Gasteiger partial charge on any atom is 0.514 e. The second-order valence-electron chi connectivity index (χ2n) is 21.2. The fourth-order valence-electron chi connectivity index (χ4n) is 7.66. The van der Waals surface area contributed by atoms with Gasteiger partial charge in [0.2, 0.25) is 0 Å². The van der Waals surface area contributed by atoms with Gasteiger partial charge in [0.1, 0.15) is 28.3 Å². The highest BCUT2D eigenvalue weighted by atomic mass is 31.1. The highest BCUT2D eigenvalue weighted by Gasteiger charge is 2.34. The molecule has 0 aliphatic heterocycles. The predicted molar refractivity (Wildman–Crippen MR) is 251 cm³/mol. The van der Waals surface area contributed by atoms with Crippen LogP contribution >= 0.6 is 8.24 Å². The van der Waals surface area contributed by atoms with Crippen molar-refractivity contribution in [3.05, 3.63) is 119 Å². The van der Waals surface area contributed by atoms with E-state index in [1.54, 1.807) is 0 Å². The van der Waals surface area contributed by atoms with Crippen molar-refractivity contribution < 1.29 is 27.2 Å². The summed E-state index contributed by atoms with van der Waals surface area (Å²) in [5.41, 5.74) is 4.87. The molecule has 0 N–H and O–H groups in total. The Morgan fingerprint density at radius 2 is 0.917 bits per heavy atom. The van der Waals surface area contributed by atoms with E-state index in [1.807, 2.05) is 32.9 Å². The SMILES string of the molecule is CC(C)(C)OC(=O)Oc1c(-c2cc(C(C)(C)C)cc(C(C)(C)C)c2Op2oc3ccc4ccccc4c3c3c(ccc4ccccc43)o2)cc(C(C)(C)C)cc1C(C)(C)C. The molecule has 7 heteroatoms. The third-order valence-corrected chi connectivity index (χ3v) is 12.0. The van der Waals surface area contributed by atoms with E-state index in [4.69, 9.17) is 22.4 Å². The van der Waals surface area contributed by atoms with Gasteiger partial charge in [0, 0.05) is 33.0 Å². The van der Waals surface area contributed by atoms with E-state index in [2.05, 4.69) is 168 Å². The third-order valence-electron chi connectivity index (χ3n) is 10.9. The smallest absolute Gasteiger partial charge is 0.428 e. The molecule has 0 unspecified atom stereocenters. The summed E-state index contributed by atoms with van der Waals surface area (Å²) in [5, 5.41) is 6.27. The maximum absolute atomic E-state index is 13.8. The van der Waals surface area contributed by atoms with Crippen LogP contribution in [0.25, 0.3) is 54.6 Å². The van der Waals surface area contributed by atoms with Gasteiger partial charge in [-0.3, -0.25) is 0 Å². The highest BCUT2D eigenvalue weighted by molar-refractivity contribution is 7.32. The van der Waals surface area contributed by atoms with Crippen LogP contribution in [0.2, 0.25) is 0 Å². The van der Waals surface area contributed by atoms with Crippen LogP contribution in [0.15, 0.2) is 105 Å². The third kappa shape index (κ3) is 8.68. The van der Waals surface area contributed by atoms with Crippen molar-refractivity contribution in [2.45, 2.75) is 131 Å². The number of benzene rings is 6. The quantitative estimate of drug-likeness (QED) is 0.130. The van der Waals surface area contributed by atoms with Gasteiger partial charge in [-0.1, -0.05) is 156 Å². The van der Waals surface area contributed by atoms with Crippen LogP contribution in [0.1, 0.15) is 126 Å². The van der Waals surface area contributed by atoms with Gasteiger partial charge in [-0.05, 0) is 99.4 Å². The minimum Gasteiger partial charge on any atom is -0.428 e. The summed E-state index contributed by atoms with van der Waals surface area (Å²) in [6.07, 6.45) is -0.768. The summed E-state index contributed by atoms with van der Waals surface area (Å²) in [7, 11) is -2.10. The summed E-state index contributed by atoms with van der Waals surface area (Å²) in [6.45, 7) is 31.8. The molecule has 0 spiro atoms. The molecule has 7 rings (SSSR count). The molecule has 0 amide bonds. The van der Waals surface area contributed by atoms with E-state index < -0.39 is 30.8 Å². The van der Waals surface area contributed by atoms with Crippen LogP contribution in [-0.4, -0.2) is 11.8 Å². The average molecular weight is 825 g/mol. The van der Waals surface area contributed by atoms with Crippen LogP contribution < -0.4 is 9.26 Å². The predicted octanol–water partition coefficient (Wildman–Crippen LogP) is 16.6. The van der Waals surface area contributed by atoms with Gasteiger partial charge in [0.25, 0.3) is 0 Å². The van der Waals surface area contributed by atoms with Gasteiger partial charge < -0.3 is 22.4 Å². The number of rotatable bonds is 4. The Hall–Kier alpha value is -5.19. The Balaban J connectivity index is 1.62. The van der Waals surface area contributed by atoms with Crippen molar-refractivity contribution in [3.8, 4) is 22.6 Å². The molecule has 0 atom stereocenters. The molecule has 0 saturated carbocycles. The van der Waals surface area contributed by atoms with E-state index in [9.17, 15) is 4.79 Å². The summed E-state index contributed by atoms with van der Waals surface area (Å²) in [4.78, 5) is 13.8. The van der Waals surface area contributed by atoms with Gasteiger partial charge in [-0.15, -0.1) is 0 Å². The van der Waals surface area contributed by atoms with Gasteiger partial charge >= 0.3 is 14.4 Å². The van der Waals surface area contributed by atoms with E-state index in [-0.39, 0.29) is 10.8 Å². The average Bonchev–Trinajstić information content (AvgIpc) is 3.29. The second-order valence-corrected chi connectivity index (χ2v) is 22.2. The number of carbonyl (C=O) groups excluding carboxylic acids is 1. The largest absolute Gasteiger partial charge is 0.514 e. The first kappa shape index (κ1) is 42.9. The van der Waals surface area contributed by atoms with Crippen molar-refractivity contribution in [3.63, 3.8) is 0 Å². The second kappa shape index (κ2) is 15.1. The van der Waals surface area contributed by atoms with Crippen LogP contribution in [0, 0.1) is 0 Å². The Morgan fingerprint density at radius 1 is 0.500 bits per heavy atom. The summed E-state index contributed by atoms with van der Waals surface area (Å²) in [6, 6.07) is 33.8. The van der Waals surface area contributed by atoms with Gasteiger partial charge in [0.15, 0.2) is 0 Å². The number of hydrogen-bond acceptors (Lipinski definition) is 6. The molecule has 0 radical (unpaired) electrons. The van der Waals surface area contributed by atoms with E-state index in [0.717, 1.165) is 65.7 Å². The molecule has 0 aliphatic rings. The standard InChI is InChI=1S/C53H61O6P/c1-49(2,3)34-28-38(46(40(30-34)51(7,8)9)55-48(54)56-53(13,14)15)39-29-35(50(4,5)6)31-41(52(10,11)12)47(39)59-60-57-42-26-24-32-20-16-18-22-36(32)44(42)45-37-23-19-17-21-33(37)25-27-43(45)58-60/h16-31H,1-15H3. The molecule has 0 bridgehead atoms. The van der Waals surface area contributed by atoms with Crippen molar-refractivity contribution in [1.29, 1.82) is 0 Å². The summed E-state index contributed by atoms with van der Waals surface area (Å²) < 4.78 is 33.5. The van der Waals surface area contributed by atoms with Gasteiger partial charge in [-0.25, -0.2) is 4.79 Å². The molecule has 0 fully saturated rings. The Kier molecular flexibility index (Phi) is 10.8.